The first kappa shape index (κ1) is 32.9. The van der Waals surface area contributed by atoms with Crippen LogP contribution in [0.1, 0.15) is 5.56 Å². The van der Waals surface area contributed by atoms with Crippen molar-refractivity contribution >= 4 is 124 Å². The van der Waals surface area contributed by atoms with Crippen LogP contribution >= 0.6 is 23.1 Å². The molecule has 0 unspecified atom stereocenters. The molecule has 0 saturated heterocycles. The van der Waals surface area contributed by atoms with E-state index in [2.05, 4.69) is 126 Å². The number of benzene rings is 8. The number of halogens is 3. The molecule has 9 aromatic rings. The van der Waals surface area contributed by atoms with Crippen LogP contribution in [0.25, 0.3) is 31.3 Å². The van der Waals surface area contributed by atoms with Crippen LogP contribution in [0.3, 0.4) is 0 Å². The molecular formula is C49H27B2F3N2S2. The molecule has 4 aliphatic rings. The standard InChI is InChI=1S/C49H27B2F3N2S2/c52-49(53,54)30-16-2-7-21-35(30)55-36-22-8-3-17-31(36)50-32-18-4-9-23-37(32)56-38-24-10-5-19-33(38)51-34-20-6-12-26-40(34)58-48-43(46(55)44(50)47(56)45(48)51)29-15-13-27-41-42(29)28-14-1-11-25-39(28)57-41/h1-27H. The molecule has 0 aliphatic carbocycles. The summed E-state index contributed by atoms with van der Waals surface area (Å²) in [6.07, 6.45) is -4.60. The summed E-state index contributed by atoms with van der Waals surface area (Å²) in [5.74, 6) is 0. The lowest BCUT2D eigenvalue weighted by Gasteiger charge is -2.50. The van der Waals surface area contributed by atoms with Crippen molar-refractivity contribution in [3.63, 3.8) is 0 Å². The van der Waals surface area contributed by atoms with Gasteiger partial charge in [0.1, 0.15) is 0 Å². The van der Waals surface area contributed by atoms with E-state index < -0.39 is 11.7 Å². The lowest BCUT2D eigenvalue weighted by Crippen LogP contribution is -2.68. The molecule has 2 nitrogen and oxygen atoms in total. The molecule has 1 aromatic heterocycles. The van der Waals surface area contributed by atoms with E-state index in [1.54, 1.807) is 35.2 Å². The Labute approximate surface area is 341 Å². The van der Waals surface area contributed by atoms with Gasteiger partial charge in [0.2, 0.25) is 6.71 Å². The summed E-state index contributed by atoms with van der Waals surface area (Å²) in [4.78, 5) is 6.64. The molecule has 5 heterocycles. The van der Waals surface area contributed by atoms with Gasteiger partial charge < -0.3 is 9.80 Å². The average molecular weight is 787 g/mol. The maximum absolute atomic E-state index is 15.4. The quantitative estimate of drug-likeness (QED) is 0.161. The van der Waals surface area contributed by atoms with E-state index in [-0.39, 0.29) is 19.1 Å². The zero-order valence-corrected chi connectivity index (χ0v) is 32.2. The van der Waals surface area contributed by atoms with Gasteiger partial charge in [-0.2, -0.15) is 13.2 Å². The molecule has 0 atom stereocenters. The van der Waals surface area contributed by atoms with Gasteiger partial charge in [-0.05, 0) is 81.4 Å². The number of alkyl halides is 3. The second-order valence-corrected chi connectivity index (χ2v) is 17.5. The van der Waals surface area contributed by atoms with Crippen molar-refractivity contribution < 1.29 is 13.2 Å². The van der Waals surface area contributed by atoms with Crippen molar-refractivity contribution in [1.82, 2.24) is 0 Å². The summed E-state index contributed by atoms with van der Waals surface area (Å²) in [5.41, 5.74) is 13.1. The molecule has 0 saturated carbocycles. The van der Waals surface area contributed by atoms with Crippen LogP contribution < -0.4 is 42.6 Å². The van der Waals surface area contributed by atoms with Crippen molar-refractivity contribution in [2.75, 3.05) is 9.80 Å². The van der Waals surface area contributed by atoms with Crippen LogP contribution in [0.2, 0.25) is 0 Å². The molecule has 0 bridgehead atoms. The van der Waals surface area contributed by atoms with Crippen LogP contribution in [0, 0.1) is 0 Å². The summed E-state index contributed by atoms with van der Waals surface area (Å²) in [5, 5.41) is 2.27. The van der Waals surface area contributed by atoms with Gasteiger partial charge in [0.25, 0.3) is 6.71 Å². The van der Waals surface area contributed by atoms with Crippen molar-refractivity contribution in [1.29, 1.82) is 0 Å². The van der Waals surface area contributed by atoms with Crippen molar-refractivity contribution in [3.8, 4) is 11.1 Å². The Morgan fingerprint density at radius 2 is 1.00 bits per heavy atom. The fourth-order valence-corrected chi connectivity index (χ4v) is 12.9. The number of anilines is 6. The normalized spacial score (nSPS) is 14.3. The van der Waals surface area contributed by atoms with Crippen molar-refractivity contribution in [3.05, 3.63) is 169 Å². The third-order valence-electron chi connectivity index (χ3n) is 12.5. The highest BCUT2D eigenvalue weighted by molar-refractivity contribution is 8.00. The number of rotatable bonds is 2. The van der Waals surface area contributed by atoms with E-state index in [0.29, 0.717) is 0 Å². The number of nitrogens with zero attached hydrogens (tertiary/aromatic N) is 2. The molecule has 8 aromatic carbocycles. The number of hydrogen-bond donors (Lipinski definition) is 0. The topological polar surface area (TPSA) is 6.48 Å². The first-order valence-corrected chi connectivity index (χ1v) is 21.0. The smallest absolute Gasteiger partial charge is 0.312 e. The van der Waals surface area contributed by atoms with E-state index in [4.69, 9.17) is 0 Å². The van der Waals surface area contributed by atoms with Crippen LogP contribution in [0.15, 0.2) is 174 Å². The highest BCUT2D eigenvalue weighted by atomic mass is 32.2. The first-order valence-electron chi connectivity index (χ1n) is 19.4. The van der Waals surface area contributed by atoms with Crippen LogP contribution in [0.5, 0.6) is 0 Å². The first-order chi connectivity index (χ1) is 28.5. The Kier molecular flexibility index (Phi) is 6.64. The monoisotopic (exact) mass is 786 g/mol. The molecule has 0 fully saturated rings. The van der Waals surface area contributed by atoms with Crippen LogP contribution in [-0.4, -0.2) is 13.4 Å². The SMILES string of the molecule is FC(F)(F)c1ccccc1N1c2ccccc2B2c3ccccc3N3c4ccccc4B4c5ccccc5Sc5c4c3c2c1c5-c1cccc2sc3ccccc3c12. The zero-order chi connectivity index (χ0) is 38.4. The second-order valence-electron chi connectivity index (χ2n) is 15.4. The van der Waals surface area contributed by atoms with Gasteiger partial charge in [0, 0.05) is 58.3 Å². The molecule has 0 radical (unpaired) electrons. The van der Waals surface area contributed by atoms with Gasteiger partial charge in [-0.3, -0.25) is 0 Å². The van der Waals surface area contributed by atoms with Crippen molar-refractivity contribution in [2.45, 2.75) is 16.0 Å². The van der Waals surface area contributed by atoms with E-state index in [0.717, 1.165) is 81.2 Å². The number of hydrogen-bond acceptors (Lipinski definition) is 4. The molecule has 0 spiro atoms. The van der Waals surface area contributed by atoms with E-state index in [1.807, 2.05) is 23.1 Å². The van der Waals surface area contributed by atoms with E-state index in [9.17, 15) is 0 Å². The Morgan fingerprint density at radius 1 is 0.466 bits per heavy atom. The summed E-state index contributed by atoms with van der Waals surface area (Å²) < 4.78 is 48.6. The van der Waals surface area contributed by atoms with Crippen LogP contribution in [-0.2, 0) is 6.18 Å². The summed E-state index contributed by atoms with van der Waals surface area (Å²) in [7, 11) is 0. The fraction of sp³-hybridized carbons (Fsp3) is 0.0204. The molecule has 4 aliphatic heterocycles. The maximum atomic E-state index is 15.4. The highest BCUT2D eigenvalue weighted by Gasteiger charge is 2.52. The van der Waals surface area contributed by atoms with Gasteiger partial charge in [0.05, 0.1) is 16.9 Å². The largest absolute Gasteiger partial charge is 0.418 e. The van der Waals surface area contributed by atoms with Gasteiger partial charge in [-0.1, -0.05) is 132 Å². The minimum absolute atomic E-state index is 0.0867. The van der Waals surface area contributed by atoms with Gasteiger partial charge in [-0.15, -0.1) is 11.3 Å². The highest BCUT2D eigenvalue weighted by Crippen LogP contribution is 2.56. The predicted octanol–water partition coefficient (Wildman–Crippen LogP) is 10.1. The molecule has 58 heavy (non-hydrogen) atoms. The minimum Gasteiger partial charge on any atom is -0.312 e. The molecule has 0 N–H and O–H groups in total. The summed E-state index contributed by atoms with van der Waals surface area (Å²) >= 11 is 3.52. The molecular weight excluding hydrogens is 759 g/mol. The zero-order valence-electron chi connectivity index (χ0n) is 30.6. The van der Waals surface area contributed by atoms with E-state index in [1.165, 1.54) is 33.2 Å². The minimum atomic E-state index is -4.60. The number of fused-ring (bicyclic) bond motifs is 13. The van der Waals surface area contributed by atoms with Gasteiger partial charge in [0.15, 0.2) is 0 Å². The number of thiophene rings is 1. The number of para-hydroxylation sites is 4. The molecule has 272 valence electrons. The lowest BCUT2D eigenvalue weighted by molar-refractivity contribution is -0.137. The Bertz CT molecular complexity index is 3260. The third-order valence-corrected chi connectivity index (χ3v) is 14.9. The summed E-state index contributed by atoms with van der Waals surface area (Å²) in [6, 6.07) is 55.3. The molecule has 9 heteroatoms. The maximum Gasteiger partial charge on any atom is 0.418 e. The third kappa shape index (κ3) is 4.22. The Morgan fingerprint density at radius 3 is 1.69 bits per heavy atom. The predicted molar refractivity (Wildman–Crippen MR) is 239 cm³/mol. The average Bonchev–Trinajstić information content (AvgIpc) is 3.65. The van der Waals surface area contributed by atoms with Crippen molar-refractivity contribution in [2.24, 2.45) is 0 Å². The molecule has 13 rings (SSSR count). The second kappa shape index (κ2) is 11.7. The summed E-state index contributed by atoms with van der Waals surface area (Å²) in [6.45, 7) is -0.324. The fourth-order valence-electron chi connectivity index (χ4n) is 10.4. The van der Waals surface area contributed by atoms with Gasteiger partial charge in [-0.25, -0.2) is 0 Å². The van der Waals surface area contributed by atoms with Crippen LogP contribution in [0.4, 0.5) is 47.3 Å². The molecule has 0 amide bonds. The lowest BCUT2D eigenvalue weighted by atomic mass is 9.29. The Hall–Kier alpha value is -6.15. The Balaban J connectivity index is 1.30. The van der Waals surface area contributed by atoms with Gasteiger partial charge >= 0.3 is 6.18 Å². The van der Waals surface area contributed by atoms with E-state index >= 15 is 13.2 Å².